The second kappa shape index (κ2) is 4.17. The van der Waals surface area contributed by atoms with E-state index in [1.54, 1.807) is 7.11 Å². The van der Waals surface area contributed by atoms with Crippen LogP contribution in [-0.2, 0) is 9.47 Å². The van der Waals surface area contributed by atoms with Crippen molar-refractivity contribution in [2.24, 2.45) is 0 Å². The molecule has 1 N–H and O–H groups in total. The van der Waals surface area contributed by atoms with Crippen LogP contribution in [0.2, 0.25) is 0 Å². The molecule has 0 unspecified atom stereocenters. The summed E-state index contributed by atoms with van der Waals surface area (Å²) in [5, 5.41) is 2.79. The third kappa shape index (κ3) is 3.18. The van der Waals surface area contributed by atoms with E-state index in [4.69, 9.17) is 9.47 Å². The summed E-state index contributed by atoms with van der Waals surface area (Å²) in [7, 11) is 1.66. The van der Waals surface area contributed by atoms with Crippen LogP contribution in [0.25, 0.3) is 0 Å². The molecule has 1 aliphatic carbocycles. The molecule has 82 valence electrons. The van der Waals surface area contributed by atoms with Crippen molar-refractivity contribution in [2.45, 2.75) is 51.4 Å². The number of hydrogen-bond donors (Lipinski definition) is 1. The zero-order valence-corrected chi connectivity index (χ0v) is 9.29. The van der Waals surface area contributed by atoms with Crippen LogP contribution in [0.3, 0.4) is 0 Å². The van der Waals surface area contributed by atoms with E-state index in [0.717, 1.165) is 12.8 Å². The number of carbonyl (C=O) groups excluding carboxylic acids is 1. The number of nitrogens with one attached hydrogen (secondary N) is 1. The highest BCUT2D eigenvalue weighted by Crippen LogP contribution is 2.22. The lowest BCUT2D eigenvalue weighted by atomic mass is 9.89. The Hall–Kier alpha value is -0.770. The average molecular weight is 201 g/mol. The van der Waals surface area contributed by atoms with Crippen LogP contribution in [0.1, 0.15) is 33.6 Å². The van der Waals surface area contributed by atoms with Gasteiger partial charge in [-0.05, 0) is 33.6 Å². The fourth-order valence-corrected chi connectivity index (χ4v) is 1.38. The molecule has 0 heterocycles. The van der Waals surface area contributed by atoms with Crippen molar-refractivity contribution in [3.63, 3.8) is 0 Å². The molecular formula is C10H19NO3. The SMILES string of the molecule is CO[C@H]1CC[C@@H]1NC(=O)OC(C)(C)C. The minimum atomic E-state index is -0.434. The summed E-state index contributed by atoms with van der Waals surface area (Å²) in [6, 6.07) is 0.120. The molecule has 4 nitrogen and oxygen atoms in total. The van der Waals surface area contributed by atoms with Gasteiger partial charge in [0.25, 0.3) is 0 Å². The highest BCUT2D eigenvalue weighted by atomic mass is 16.6. The van der Waals surface area contributed by atoms with E-state index in [1.807, 2.05) is 20.8 Å². The predicted molar refractivity (Wildman–Crippen MR) is 53.2 cm³/mol. The monoisotopic (exact) mass is 201 g/mol. The molecular weight excluding hydrogens is 182 g/mol. The average Bonchev–Trinajstić information content (AvgIpc) is 1.96. The van der Waals surface area contributed by atoms with Crippen LogP contribution in [0.5, 0.6) is 0 Å². The first-order valence-electron chi connectivity index (χ1n) is 4.94. The van der Waals surface area contributed by atoms with E-state index in [-0.39, 0.29) is 18.2 Å². The molecule has 14 heavy (non-hydrogen) atoms. The van der Waals surface area contributed by atoms with Crippen molar-refractivity contribution in [2.75, 3.05) is 7.11 Å². The zero-order chi connectivity index (χ0) is 10.8. The van der Waals surface area contributed by atoms with Crippen LogP contribution in [-0.4, -0.2) is 30.9 Å². The van der Waals surface area contributed by atoms with Gasteiger partial charge < -0.3 is 14.8 Å². The van der Waals surface area contributed by atoms with Crippen LogP contribution in [0.15, 0.2) is 0 Å². The highest BCUT2D eigenvalue weighted by molar-refractivity contribution is 5.68. The summed E-state index contributed by atoms with van der Waals surface area (Å²) in [6.07, 6.45) is 1.78. The summed E-state index contributed by atoms with van der Waals surface area (Å²) in [5.41, 5.74) is -0.434. The summed E-state index contributed by atoms with van der Waals surface area (Å²) in [5.74, 6) is 0. The van der Waals surface area contributed by atoms with E-state index in [2.05, 4.69) is 5.32 Å². The molecule has 0 aromatic rings. The number of ether oxygens (including phenoxy) is 2. The first-order valence-corrected chi connectivity index (χ1v) is 4.94. The maximum Gasteiger partial charge on any atom is 0.407 e. The molecule has 1 amide bonds. The maximum atomic E-state index is 11.3. The minimum absolute atomic E-state index is 0.120. The van der Waals surface area contributed by atoms with Gasteiger partial charge in [0.1, 0.15) is 5.60 Å². The summed E-state index contributed by atoms with van der Waals surface area (Å²) < 4.78 is 10.3. The Bertz CT molecular complexity index is 208. The number of carbonyl (C=O) groups is 1. The molecule has 0 aliphatic heterocycles. The van der Waals surface area contributed by atoms with Crippen molar-refractivity contribution >= 4 is 6.09 Å². The number of hydrogen-bond acceptors (Lipinski definition) is 3. The largest absolute Gasteiger partial charge is 0.444 e. The van der Waals surface area contributed by atoms with E-state index in [9.17, 15) is 4.79 Å². The first kappa shape index (κ1) is 11.3. The van der Waals surface area contributed by atoms with Crippen molar-refractivity contribution in [3.05, 3.63) is 0 Å². The van der Waals surface area contributed by atoms with Gasteiger partial charge in [0.2, 0.25) is 0 Å². The Balaban J connectivity index is 2.27. The lowest BCUT2D eigenvalue weighted by Gasteiger charge is -2.36. The smallest absolute Gasteiger partial charge is 0.407 e. The Morgan fingerprint density at radius 3 is 2.36 bits per heavy atom. The van der Waals surface area contributed by atoms with Gasteiger partial charge in [-0.2, -0.15) is 0 Å². The Labute approximate surface area is 85.0 Å². The normalized spacial score (nSPS) is 26.6. The van der Waals surface area contributed by atoms with Crippen LogP contribution in [0.4, 0.5) is 4.79 Å². The van der Waals surface area contributed by atoms with E-state index < -0.39 is 5.60 Å². The number of amides is 1. The summed E-state index contributed by atoms with van der Waals surface area (Å²) >= 11 is 0. The maximum absolute atomic E-state index is 11.3. The summed E-state index contributed by atoms with van der Waals surface area (Å²) in [4.78, 5) is 11.3. The Morgan fingerprint density at radius 1 is 1.36 bits per heavy atom. The molecule has 1 rings (SSSR count). The summed E-state index contributed by atoms with van der Waals surface area (Å²) in [6.45, 7) is 5.55. The van der Waals surface area contributed by atoms with Gasteiger partial charge in [-0.25, -0.2) is 4.79 Å². The first-order chi connectivity index (χ1) is 6.42. The van der Waals surface area contributed by atoms with Crippen LogP contribution < -0.4 is 5.32 Å². The molecule has 0 saturated heterocycles. The fraction of sp³-hybridized carbons (Fsp3) is 0.900. The lowest BCUT2D eigenvalue weighted by Crippen LogP contribution is -2.52. The fourth-order valence-electron chi connectivity index (χ4n) is 1.38. The van der Waals surface area contributed by atoms with Gasteiger partial charge in [0.05, 0.1) is 12.1 Å². The van der Waals surface area contributed by atoms with Crippen LogP contribution >= 0.6 is 0 Å². The van der Waals surface area contributed by atoms with Gasteiger partial charge in [-0.3, -0.25) is 0 Å². The zero-order valence-electron chi connectivity index (χ0n) is 9.29. The number of rotatable bonds is 2. The number of alkyl carbamates (subject to hydrolysis) is 1. The molecule has 0 bridgehead atoms. The van der Waals surface area contributed by atoms with Gasteiger partial charge in [0.15, 0.2) is 0 Å². The lowest BCUT2D eigenvalue weighted by molar-refractivity contribution is -0.00381. The molecule has 1 saturated carbocycles. The number of methoxy groups -OCH3 is 1. The van der Waals surface area contributed by atoms with E-state index >= 15 is 0 Å². The van der Waals surface area contributed by atoms with Gasteiger partial charge in [0, 0.05) is 7.11 Å². The molecule has 0 radical (unpaired) electrons. The topological polar surface area (TPSA) is 47.6 Å². The van der Waals surface area contributed by atoms with Crippen molar-refractivity contribution in [1.29, 1.82) is 0 Å². The molecule has 1 aliphatic rings. The minimum Gasteiger partial charge on any atom is -0.444 e. The highest BCUT2D eigenvalue weighted by Gasteiger charge is 2.33. The van der Waals surface area contributed by atoms with Gasteiger partial charge >= 0.3 is 6.09 Å². The quantitative estimate of drug-likeness (QED) is 0.739. The Kier molecular flexibility index (Phi) is 3.37. The second-order valence-corrected chi connectivity index (χ2v) is 4.60. The Morgan fingerprint density at radius 2 is 2.00 bits per heavy atom. The third-order valence-corrected chi connectivity index (χ3v) is 2.22. The second-order valence-electron chi connectivity index (χ2n) is 4.60. The molecule has 0 aromatic heterocycles. The van der Waals surface area contributed by atoms with E-state index in [0.29, 0.717) is 0 Å². The predicted octanol–water partition coefficient (Wildman–Crippen LogP) is 1.69. The molecule has 0 aromatic carbocycles. The molecule has 1 fully saturated rings. The third-order valence-electron chi connectivity index (χ3n) is 2.22. The standard InChI is InChI=1S/C10H19NO3/c1-10(2,3)14-9(12)11-7-5-6-8(7)13-4/h7-8H,5-6H2,1-4H3,(H,11,12)/t7-,8-/m0/s1. The van der Waals surface area contributed by atoms with E-state index in [1.165, 1.54) is 0 Å². The van der Waals surface area contributed by atoms with Gasteiger partial charge in [-0.1, -0.05) is 0 Å². The molecule has 4 heteroatoms. The molecule has 2 atom stereocenters. The van der Waals surface area contributed by atoms with Crippen molar-refractivity contribution < 1.29 is 14.3 Å². The molecule has 0 spiro atoms. The van der Waals surface area contributed by atoms with Crippen molar-refractivity contribution in [3.8, 4) is 0 Å². The van der Waals surface area contributed by atoms with Crippen LogP contribution in [0, 0.1) is 0 Å². The van der Waals surface area contributed by atoms with Gasteiger partial charge in [-0.15, -0.1) is 0 Å². The van der Waals surface area contributed by atoms with Crippen molar-refractivity contribution in [1.82, 2.24) is 5.32 Å².